The molecule has 27 heavy (non-hydrogen) atoms. The molecule has 0 aromatic carbocycles. The normalized spacial score (nSPS) is 48.9. The van der Waals surface area contributed by atoms with Crippen molar-refractivity contribution >= 4 is 11.8 Å². The lowest BCUT2D eigenvalue weighted by molar-refractivity contribution is -0.165. The summed E-state index contributed by atoms with van der Waals surface area (Å²) >= 11 is 0. The molecule has 5 unspecified atom stereocenters. The fourth-order valence-corrected chi connectivity index (χ4v) is 8.56. The van der Waals surface area contributed by atoms with Gasteiger partial charge in [-0.1, -0.05) is 12.5 Å². The Balaban J connectivity index is 1.40. The molecule has 3 heteroatoms. The van der Waals surface area contributed by atoms with Crippen LogP contribution in [0.5, 0.6) is 0 Å². The molecule has 0 aromatic rings. The highest BCUT2D eigenvalue weighted by Crippen LogP contribution is 2.73. The number of fused-ring (bicyclic) bond motifs is 7. The second-order valence-electron chi connectivity index (χ2n) is 10.4. The van der Waals surface area contributed by atoms with Crippen LogP contribution < -0.4 is 0 Å². The van der Waals surface area contributed by atoms with Gasteiger partial charge in [0, 0.05) is 17.9 Å². The number of carbonyl (C=O) groups excluding carboxylic acids is 2. The largest absolute Gasteiger partial charge is 0.451 e. The number of esters is 1. The molecule has 5 aliphatic carbocycles. The highest BCUT2D eigenvalue weighted by atomic mass is 16.6. The Bertz CT molecular complexity index is 787. The zero-order chi connectivity index (χ0) is 18.4. The Morgan fingerprint density at radius 1 is 1.07 bits per heavy atom. The van der Waals surface area contributed by atoms with Crippen molar-refractivity contribution in [2.75, 3.05) is 0 Å². The molecule has 0 radical (unpaired) electrons. The van der Waals surface area contributed by atoms with E-state index in [0.29, 0.717) is 23.0 Å². The van der Waals surface area contributed by atoms with Crippen LogP contribution in [-0.2, 0) is 14.3 Å². The average Bonchev–Trinajstić information content (AvgIpc) is 3.22. The van der Waals surface area contributed by atoms with E-state index in [4.69, 9.17) is 4.74 Å². The lowest BCUT2D eigenvalue weighted by Crippen LogP contribution is -2.54. The summed E-state index contributed by atoms with van der Waals surface area (Å²) in [6.45, 7) is 2.32. The molecule has 6 atom stereocenters. The Morgan fingerprint density at radius 2 is 1.93 bits per heavy atom. The number of ether oxygens (including phenoxy) is 1. The van der Waals surface area contributed by atoms with Crippen LogP contribution >= 0.6 is 0 Å². The van der Waals surface area contributed by atoms with E-state index < -0.39 is 0 Å². The van der Waals surface area contributed by atoms with Gasteiger partial charge >= 0.3 is 5.97 Å². The summed E-state index contributed by atoms with van der Waals surface area (Å²) in [5.74, 6) is 3.06. The van der Waals surface area contributed by atoms with E-state index in [1.54, 1.807) is 11.6 Å². The van der Waals surface area contributed by atoms with Gasteiger partial charge < -0.3 is 4.74 Å². The maximum atomic E-state index is 12.1. The summed E-state index contributed by atoms with van der Waals surface area (Å²) < 4.78 is 6.04. The Hall–Kier alpha value is -1.38. The monoisotopic (exact) mass is 366 g/mol. The van der Waals surface area contributed by atoms with Gasteiger partial charge in [0.1, 0.15) is 5.60 Å². The average molecular weight is 367 g/mol. The molecule has 2 spiro atoms. The fourth-order valence-electron chi connectivity index (χ4n) is 8.56. The second-order valence-corrected chi connectivity index (χ2v) is 10.4. The van der Waals surface area contributed by atoms with Crippen LogP contribution in [0.4, 0.5) is 0 Å². The van der Waals surface area contributed by atoms with Gasteiger partial charge in [0.15, 0.2) is 5.78 Å². The van der Waals surface area contributed by atoms with Crippen molar-refractivity contribution in [3.05, 3.63) is 23.8 Å². The molecule has 6 aliphatic rings. The first-order valence-corrected chi connectivity index (χ1v) is 11.2. The molecule has 3 nitrogen and oxygen atoms in total. The second kappa shape index (κ2) is 5.15. The highest BCUT2D eigenvalue weighted by molar-refractivity contribution is 5.91. The molecule has 0 amide bonds. The molecule has 144 valence electrons. The maximum Gasteiger partial charge on any atom is 0.331 e. The maximum absolute atomic E-state index is 12.1. The summed E-state index contributed by atoms with van der Waals surface area (Å²) in [7, 11) is 0. The Morgan fingerprint density at radius 3 is 2.63 bits per heavy atom. The standard InChI is InChI=1S/C24H30O3/c1-2-23-8-5-16-17-4-3-15(25)13-20(17)22(11-12-22)14-18(16)19(23)6-9-24(23)10-7-21(26)27-24/h7,10,13,16-19H,2-6,8-9,11-12,14H2,1H3/t16?,17?,18?,19?,23?,24-/m1/s1. The third kappa shape index (κ3) is 1.94. The van der Waals surface area contributed by atoms with Gasteiger partial charge in [-0.25, -0.2) is 4.79 Å². The van der Waals surface area contributed by atoms with Crippen LogP contribution in [0, 0.1) is 34.5 Å². The zero-order valence-corrected chi connectivity index (χ0v) is 16.3. The minimum Gasteiger partial charge on any atom is -0.451 e. The van der Waals surface area contributed by atoms with Crippen LogP contribution in [0.25, 0.3) is 0 Å². The van der Waals surface area contributed by atoms with E-state index in [9.17, 15) is 9.59 Å². The number of carbonyl (C=O) groups is 2. The molecule has 0 aromatic heterocycles. The van der Waals surface area contributed by atoms with Crippen LogP contribution in [0.1, 0.15) is 71.1 Å². The number of ketones is 1. The number of rotatable bonds is 1. The number of hydrogen-bond donors (Lipinski definition) is 0. The topological polar surface area (TPSA) is 43.4 Å². The Labute approximate surface area is 161 Å². The van der Waals surface area contributed by atoms with E-state index in [1.807, 2.05) is 0 Å². The molecular weight excluding hydrogens is 336 g/mol. The molecular formula is C24H30O3. The van der Waals surface area contributed by atoms with Crippen LogP contribution in [-0.4, -0.2) is 17.4 Å². The minimum absolute atomic E-state index is 0.135. The molecule has 4 fully saturated rings. The third-order valence-electron chi connectivity index (χ3n) is 9.80. The first kappa shape index (κ1) is 16.6. The van der Waals surface area contributed by atoms with Crippen LogP contribution in [0.15, 0.2) is 23.8 Å². The SMILES string of the molecule is CCC12CCC3C4CCC(=O)C=C4C4(CC4)CC3C1CC[C@@]21C=CC(=O)O1. The smallest absolute Gasteiger partial charge is 0.331 e. The van der Waals surface area contributed by atoms with Gasteiger partial charge in [-0.3, -0.25) is 4.79 Å². The van der Waals surface area contributed by atoms with Gasteiger partial charge in [0.25, 0.3) is 0 Å². The molecule has 1 aliphatic heterocycles. The predicted octanol–water partition coefficient (Wildman–Crippen LogP) is 4.76. The number of allylic oxidation sites excluding steroid dienone is 1. The van der Waals surface area contributed by atoms with Gasteiger partial charge in [-0.2, -0.15) is 0 Å². The predicted molar refractivity (Wildman–Crippen MR) is 102 cm³/mol. The summed E-state index contributed by atoms with van der Waals surface area (Å²) in [6, 6.07) is 0. The van der Waals surface area contributed by atoms with E-state index in [2.05, 4.69) is 19.1 Å². The lowest BCUT2D eigenvalue weighted by atomic mass is 9.47. The third-order valence-corrected chi connectivity index (χ3v) is 9.80. The van der Waals surface area contributed by atoms with E-state index >= 15 is 0 Å². The van der Waals surface area contributed by atoms with Crippen molar-refractivity contribution in [2.45, 2.75) is 76.7 Å². The minimum atomic E-state index is -0.330. The van der Waals surface area contributed by atoms with Crippen molar-refractivity contribution in [3.8, 4) is 0 Å². The first-order chi connectivity index (χ1) is 13.0. The quantitative estimate of drug-likeness (QED) is 0.629. The van der Waals surface area contributed by atoms with Gasteiger partial charge in [0.05, 0.1) is 0 Å². The zero-order valence-electron chi connectivity index (χ0n) is 16.3. The summed E-state index contributed by atoms with van der Waals surface area (Å²) in [6.07, 6.45) is 17.3. The molecule has 6 rings (SSSR count). The Kier molecular flexibility index (Phi) is 3.16. The number of hydrogen-bond acceptors (Lipinski definition) is 3. The van der Waals surface area contributed by atoms with Crippen molar-refractivity contribution in [3.63, 3.8) is 0 Å². The van der Waals surface area contributed by atoms with Crippen LogP contribution in [0.3, 0.4) is 0 Å². The van der Waals surface area contributed by atoms with Crippen LogP contribution in [0.2, 0.25) is 0 Å². The van der Waals surface area contributed by atoms with Crippen molar-refractivity contribution in [1.29, 1.82) is 0 Å². The van der Waals surface area contributed by atoms with Crippen molar-refractivity contribution in [2.24, 2.45) is 34.5 Å². The van der Waals surface area contributed by atoms with Crippen molar-refractivity contribution < 1.29 is 14.3 Å². The molecule has 1 heterocycles. The van der Waals surface area contributed by atoms with E-state index in [1.165, 1.54) is 38.5 Å². The molecule has 0 saturated heterocycles. The van der Waals surface area contributed by atoms with E-state index in [0.717, 1.165) is 37.5 Å². The molecule has 0 bridgehead atoms. The summed E-state index contributed by atoms with van der Waals surface area (Å²) in [4.78, 5) is 24.1. The van der Waals surface area contributed by atoms with Gasteiger partial charge in [-0.15, -0.1) is 0 Å². The van der Waals surface area contributed by atoms with Gasteiger partial charge in [0.2, 0.25) is 0 Å². The van der Waals surface area contributed by atoms with E-state index in [-0.39, 0.29) is 17.0 Å². The van der Waals surface area contributed by atoms with Gasteiger partial charge in [-0.05, 0) is 99.0 Å². The highest BCUT2D eigenvalue weighted by Gasteiger charge is 2.68. The van der Waals surface area contributed by atoms with Crippen molar-refractivity contribution in [1.82, 2.24) is 0 Å². The summed E-state index contributed by atoms with van der Waals surface area (Å²) in [5.41, 5.74) is 1.71. The molecule has 0 N–H and O–H groups in total. The summed E-state index contributed by atoms with van der Waals surface area (Å²) in [5, 5.41) is 0. The first-order valence-electron chi connectivity index (χ1n) is 11.2. The lowest BCUT2D eigenvalue weighted by Gasteiger charge is -2.58. The fraction of sp³-hybridized carbons (Fsp3) is 0.750. The molecule has 4 saturated carbocycles.